The van der Waals surface area contributed by atoms with E-state index in [0.717, 1.165) is 9.52 Å². The summed E-state index contributed by atoms with van der Waals surface area (Å²) >= 11 is -0.826. The van der Waals surface area contributed by atoms with Gasteiger partial charge in [-0.25, -0.2) is 0 Å². The van der Waals surface area contributed by atoms with Crippen molar-refractivity contribution in [3.8, 4) is 22.3 Å². The van der Waals surface area contributed by atoms with E-state index in [9.17, 15) is 0 Å². The van der Waals surface area contributed by atoms with Crippen molar-refractivity contribution in [2.45, 2.75) is 105 Å². The summed E-state index contributed by atoms with van der Waals surface area (Å²) in [5.41, 5.74) is 11.3. The first-order chi connectivity index (χ1) is 24.1. The van der Waals surface area contributed by atoms with Gasteiger partial charge in [-0.15, -0.1) is 69.1 Å². The van der Waals surface area contributed by atoms with Crippen LogP contribution in [0.25, 0.3) is 43.8 Å². The summed E-state index contributed by atoms with van der Waals surface area (Å²) in [6.45, 7) is 22.6. The van der Waals surface area contributed by atoms with Crippen LogP contribution >= 0.6 is 17.0 Å². The van der Waals surface area contributed by atoms with Gasteiger partial charge < -0.3 is 0 Å². The molecule has 0 saturated carbocycles. The van der Waals surface area contributed by atoms with Crippen molar-refractivity contribution in [3.05, 3.63) is 131 Å². The van der Waals surface area contributed by atoms with E-state index < -0.39 is 20.8 Å². The molecule has 4 heteroatoms. The molecule has 50 heavy (non-hydrogen) atoms. The van der Waals surface area contributed by atoms with Gasteiger partial charge in [0.05, 0.1) is 0 Å². The van der Waals surface area contributed by atoms with Gasteiger partial charge in [0.1, 0.15) is 0 Å². The number of hydrogen-bond acceptors (Lipinski definition) is 0. The fraction of sp³-hybridized carbons (Fsp3) is 0.348. The second-order valence-corrected chi connectivity index (χ2v) is 18.6. The van der Waals surface area contributed by atoms with Crippen LogP contribution in [0.4, 0.5) is 0 Å². The van der Waals surface area contributed by atoms with Gasteiger partial charge in [-0.3, -0.25) is 0 Å². The Balaban J connectivity index is 0.000000234. The van der Waals surface area contributed by atoms with Crippen LogP contribution in [0.2, 0.25) is 13.1 Å². The molecule has 0 spiro atoms. The minimum absolute atomic E-state index is 0.529. The average Bonchev–Trinajstić information content (AvgIpc) is 3.77. The van der Waals surface area contributed by atoms with Crippen molar-refractivity contribution >= 4 is 48.1 Å². The SMILES string of the molecule is CCC(C)c1cc2c(-c3ccccc3)c(C(C)C)ccc2[cH-]1.CCC(C)c1cc2c(-c3ccccc3)c(C(C)C)ccc2[cH-]1.C[Si]C.[Cl][Zr+2][Cl]. The van der Waals surface area contributed by atoms with Gasteiger partial charge in [-0.1, -0.05) is 164 Å². The Labute approximate surface area is 325 Å². The Kier molecular flexibility index (Phi) is 18.0. The zero-order valence-corrected chi connectivity index (χ0v) is 36.8. The van der Waals surface area contributed by atoms with Gasteiger partial charge in [0, 0.05) is 9.52 Å². The first-order valence-electron chi connectivity index (χ1n) is 18.2. The maximum absolute atomic E-state index is 4.93. The number of benzene rings is 4. The average molecular weight is 799 g/mol. The van der Waals surface area contributed by atoms with Gasteiger partial charge in [0.2, 0.25) is 0 Å². The summed E-state index contributed by atoms with van der Waals surface area (Å²) in [6.07, 6.45) is 2.38. The van der Waals surface area contributed by atoms with Crippen LogP contribution in [0.3, 0.4) is 0 Å². The second kappa shape index (κ2) is 21.3. The van der Waals surface area contributed by atoms with Crippen LogP contribution < -0.4 is 0 Å². The Hall–Kier alpha value is -2.22. The molecule has 0 N–H and O–H groups in total. The third-order valence-corrected chi connectivity index (χ3v) is 9.62. The van der Waals surface area contributed by atoms with E-state index in [0.29, 0.717) is 23.7 Å². The zero-order valence-electron chi connectivity index (χ0n) is 31.9. The molecule has 0 bridgehead atoms. The van der Waals surface area contributed by atoms with E-state index in [1.54, 1.807) is 0 Å². The molecule has 2 unspecified atom stereocenters. The fourth-order valence-electron chi connectivity index (χ4n) is 6.50. The Morgan fingerprint density at radius 3 is 1.16 bits per heavy atom. The summed E-state index contributed by atoms with van der Waals surface area (Å²) in [5.74, 6) is 2.31. The van der Waals surface area contributed by atoms with E-state index in [4.69, 9.17) is 17.0 Å². The summed E-state index contributed by atoms with van der Waals surface area (Å²) < 4.78 is 0. The number of fused-ring (bicyclic) bond motifs is 2. The van der Waals surface area contributed by atoms with Crippen LogP contribution in [0, 0.1) is 0 Å². The summed E-state index contributed by atoms with van der Waals surface area (Å²) in [6, 6.07) is 40.5. The van der Waals surface area contributed by atoms with E-state index in [-0.39, 0.29) is 0 Å². The van der Waals surface area contributed by atoms with E-state index >= 15 is 0 Å². The normalized spacial score (nSPS) is 12.0. The maximum atomic E-state index is 4.93. The van der Waals surface area contributed by atoms with Gasteiger partial charge in [0.25, 0.3) is 0 Å². The molecule has 0 saturated heterocycles. The van der Waals surface area contributed by atoms with Crippen molar-refractivity contribution in [1.29, 1.82) is 0 Å². The summed E-state index contributed by atoms with van der Waals surface area (Å²) in [5, 5.41) is 5.57. The van der Waals surface area contributed by atoms with Gasteiger partial charge in [-0.05, 0) is 34.8 Å². The van der Waals surface area contributed by atoms with Crippen LogP contribution in [0.5, 0.6) is 0 Å². The van der Waals surface area contributed by atoms with Crippen LogP contribution in [0.15, 0.2) is 109 Å². The minimum atomic E-state index is -0.826. The molecule has 0 nitrogen and oxygen atoms in total. The molecule has 0 aromatic heterocycles. The number of hydrogen-bond donors (Lipinski definition) is 0. The third kappa shape index (κ3) is 10.9. The standard InChI is InChI=1S/2C22H25.C2H6Si.2ClH.Zr/c2*1-5-16(4)19-13-18-11-12-20(15(2)3)22(21(18)14-19)17-9-7-6-8-10-17;1-3-2;;;/h2*6-16H,5H2,1-4H3;1-2H3;2*1H;/q2*-1;;;;+4/p-2. The van der Waals surface area contributed by atoms with Gasteiger partial charge in [-0.2, -0.15) is 12.1 Å². The molecule has 0 fully saturated rings. The van der Waals surface area contributed by atoms with E-state index in [1.807, 2.05) is 0 Å². The quantitative estimate of drug-likeness (QED) is 0.106. The van der Waals surface area contributed by atoms with Gasteiger partial charge >= 0.3 is 37.9 Å². The van der Waals surface area contributed by atoms with Crippen molar-refractivity contribution in [2.24, 2.45) is 0 Å². The van der Waals surface area contributed by atoms with Crippen molar-refractivity contribution in [3.63, 3.8) is 0 Å². The van der Waals surface area contributed by atoms with Crippen molar-refractivity contribution in [1.82, 2.24) is 0 Å². The predicted octanol–water partition coefficient (Wildman–Crippen LogP) is 15.9. The molecule has 2 atom stereocenters. The van der Waals surface area contributed by atoms with E-state index in [2.05, 4.69) is 178 Å². The molecule has 0 heterocycles. The first-order valence-corrected chi connectivity index (χ1v) is 26.5. The molecule has 6 aromatic rings. The van der Waals surface area contributed by atoms with Crippen LogP contribution in [-0.2, 0) is 20.8 Å². The van der Waals surface area contributed by atoms with Crippen molar-refractivity contribution in [2.75, 3.05) is 0 Å². The molecule has 0 aliphatic rings. The second-order valence-electron chi connectivity index (χ2n) is 13.9. The molecule has 6 aromatic carbocycles. The topological polar surface area (TPSA) is 0 Å². The monoisotopic (exact) mass is 796 g/mol. The predicted molar refractivity (Wildman–Crippen MR) is 225 cm³/mol. The number of rotatable bonds is 8. The van der Waals surface area contributed by atoms with Crippen LogP contribution in [-0.4, -0.2) is 9.52 Å². The zero-order chi connectivity index (χ0) is 36.8. The number of halogens is 2. The summed E-state index contributed by atoms with van der Waals surface area (Å²) in [4.78, 5) is 0. The van der Waals surface area contributed by atoms with E-state index in [1.165, 1.54) is 78.9 Å². The Morgan fingerprint density at radius 1 is 0.560 bits per heavy atom. The van der Waals surface area contributed by atoms with Gasteiger partial charge in [0.15, 0.2) is 0 Å². The summed E-state index contributed by atoms with van der Waals surface area (Å²) in [7, 11) is 11.0. The Bertz CT molecular complexity index is 1710. The first kappa shape index (κ1) is 42.2. The molecule has 262 valence electrons. The van der Waals surface area contributed by atoms with Crippen LogP contribution in [0.1, 0.15) is 114 Å². The molecular formula is C46H56Cl2SiZr. The Morgan fingerprint density at radius 2 is 0.880 bits per heavy atom. The molecule has 2 radical (unpaired) electrons. The molecule has 0 aliphatic heterocycles. The molecule has 0 amide bonds. The fourth-order valence-corrected chi connectivity index (χ4v) is 6.50. The molecular weight excluding hydrogens is 743 g/mol. The molecule has 6 rings (SSSR count). The third-order valence-electron chi connectivity index (χ3n) is 9.62. The van der Waals surface area contributed by atoms with Crippen molar-refractivity contribution < 1.29 is 20.8 Å². The molecule has 0 aliphatic carbocycles.